The van der Waals surface area contributed by atoms with Gasteiger partial charge < -0.3 is 24.6 Å². The summed E-state index contributed by atoms with van der Waals surface area (Å²) in [5.74, 6) is 1.37. The molecule has 0 unspecified atom stereocenters. The van der Waals surface area contributed by atoms with Crippen LogP contribution < -0.4 is 14.8 Å². The Morgan fingerprint density at radius 2 is 1.68 bits per heavy atom. The summed E-state index contributed by atoms with van der Waals surface area (Å²) in [5, 5.41) is 3.12. The Morgan fingerprint density at radius 3 is 2.20 bits per heavy atom. The predicted octanol–water partition coefficient (Wildman–Crippen LogP) is 0.629. The van der Waals surface area contributed by atoms with E-state index in [2.05, 4.69) is 5.32 Å². The minimum absolute atomic E-state index is 0. The van der Waals surface area contributed by atoms with Crippen molar-refractivity contribution in [2.24, 2.45) is 5.92 Å². The van der Waals surface area contributed by atoms with Crippen molar-refractivity contribution in [3.63, 3.8) is 0 Å². The summed E-state index contributed by atoms with van der Waals surface area (Å²) in [5.41, 5.74) is 0.515. The summed E-state index contributed by atoms with van der Waals surface area (Å²) in [7, 11) is 3.11. The van der Waals surface area contributed by atoms with Crippen LogP contribution in [0, 0.1) is 5.92 Å². The third kappa shape index (κ3) is 3.99. The SMILES string of the molecule is COc1ccc(C(=O)N2CCN(C(=O)C3CNC3)CC2)c(OC)c1.Cl. The molecule has 25 heavy (non-hydrogen) atoms. The number of nitrogens with zero attached hydrogens (tertiary/aromatic N) is 2. The standard InChI is InChI=1S/C17H23N3O4.ClH/c1-23-13-3-4-14(15(9-13)24-2)17(22)20-7-5-19(6-8-20)16(21)12-10-18-11-12;/h3-4,9,12,18H,5-8,10-11H2,1-2H3;1H. The van der Waals surface area contributed by atoms with E-state index >= 15 is 0 Å². The van der Waals surface area contributed by atoms with E-state index < -0.39 is 0 Å². The number of methoxy groups -OCH3 is 2. The van der Waals surface area contributed by atoms with Crippen molar-refractivity contribution < 1.29 is 19.1 Å². The van der Waals surface area contributed by atoms with E-state index in [-0.39, 0.29) is 30.1 Å². The first-order chi connectivity index (χ1) is 11.6. The number of ether oxygens (including phenoxy) is 2. The number of rotatable bonds is 4. The lowest BCUT2D eigenvalue weighted by molar-refractivity contribution is -0.138. The smallest absolute Gasteiger partial charge is 0.257 e. The van der Waals surface area contributed by atoms with Gasteiger partial charge in [-0.25, -0.2) is 0 Å². The van der Waals surface area contributed by atoms with Gasteiger partial charge in [0.1, 0.15) is 11.5 Å². The highest BCUT2D eigenvalue weighted by Crippen LogP contribution is 2.26. The van der Waals surface area contributed by atoms with E-state index in [0.717, 1.165) is 13.1 Å². The van der Waals surface area contributed by atoms with E-state index in [1.165, 1.54) is 7.11 Å². The van der Waals surface area contributed by atoms with E-state index in [1.54, 1.807) is 30.2 Å². The van der Waals surface area contributed by atoms with Gasteiger partial charge in [-0.15, -0.1) is 12.4 Å². The molecule has 2 amide bonds. The van der Waals surface area contributed by atoms with Crippen LogP contribution in [0.5, 0.6) is 11.5 Å². The highest BCUT2D eigenvalue weighted by Gasteiger charge is 2.32. The van der Waals surface area contributed by atoms with Crippen LogP contribution in [-0.4, -0.2) is 75.1 Å². The number of hydrogen-bond acceptors (Lipinski definition) is 5. The van der Waals surface area contributed by atoms with Gasteiger partial charge in [-0.3, -0.25) is 9.59 Å². The zero-order valence-electron chi connectivity index (χ0n) is 14.5. The van der Waals surface area contributed by atoms with Gasteiger partial charge in [-0.2, -0.15) is 0 Å². The second-order valence-corrected chi connectivity index (χ2v) is 6.04. The van der Waals surface area contributed by atoms with Crippen molar-refractivity contribution in [1.29, 1.82) is 0 Å². The molecule has 0 bridgehead atoms. The summed E-state index contributed by atoms with van der Waals surface area (Å²) in [6.07, 6.45) is 0. The lowest BCUT2D eigenvalue weighted by Crippen LogP contribution is -2.57. The molecule has 2 aliphatic heterocycles. The average Bonchev–Trinajstić information content (AvgIpc) is 2.59. The van der Waals surface area contributed by atoms with Gasteiger partial charge >= 0.3 is 0 Å². The molecule has 7 nitrogen and oxygen atoms in total. The van der Waals surface area contributed by atoms with E-state index in [1.807, 2.05) is 4.90 Å². The maximum absolute atomic E-state index is 12.7. The van der Waals surface area contributed by atoms with E-state index in [4.69, 9.17) is 9.47 Å². The number of piperazine rings is 1. The van der Waals surface area contributed by atoms with Crippen LogP contribution >= 0.6 is 12.4 Å². The normalized spacial score (nSPS) is 17.4. The quantitative estimate of drug-likeness (QED) is 0.843. The fourth-order valence-electron chi connectivity index (χ4n) is 3.00. The largest absolute Gasteiger partial charge is 0.497 e. The fourth-order valence-corrected chi connectivity index (χ4v) is 3.00. The van der Waals surface area contributed by atoms with Crippen molar-refractivity contribution >= 4 is 24.2 Å². The lowest BCUT2D eigenvalue weighted by Gasteiger charge is -2.38. The molecule has 8 heteroatoms. The molecule has 2 aliphatic rings. The topological polar surface area (TPSA) is 71.1 Å². The first-order valence-corrected chi connectivity index (χ1v) is 8.15. The Morgan fingerprint density at radius 1 is 1.04 bits per heavy atom. The van der Waals surface area contributed by atoms with E-state index in [9.17, 15) is 9.59 Å². The molecule has 2 heterocycles. The molecule has 0 radical (unpaired) electrons. The molecule has 0 spiro atoms. The minimum atomic E-state index is -0.0769. The zero-order chi connectivity index (χ0) is 17.1. The van der Waals surface area contributed by atoms with Gasteiger partial charge in [-0.05, 0) is 12.1 Å². The predicted molar refractivity (Wildman–Crippen MR) is 95.6 cm³/mol. The van der Waals surface area contributed by atoms with Gasteiger partial charge in [0.15, 0.2) is 0 Å². The number of carbonyl (C=O) groups is 2. The van der Waals surface area contributed by atoms with Crippen LogP contribution in [0.3, 0.4) is 0 Å². The second kappa shape index (κ2) is 8.40. The number of benzene rings is 1. The molecule has 0 saturated carbocycles. The highest BCUT2D eigenvalue weighted by molar-refractivity contribution is 5.97. The summed E-state index contributed by atoms with van der Waals surface area (Å²) < 4.78 is 10.5. The maximum atomic E-state index is 12.7. The third-order valence-electron chi connectivity index (χ3n) is 4.65. The van der Waals surface area contributed by atoms with Gasteiger partial charge in [0, 0.05) is 45.3 Å². The summed E-state index contributed by atoms with van der Waals surface area (Å²) >= 11 is 0. The first kappa shape index (κ1) is 19.3. The zero-order valence-corrected chi connectivity index (χ0v) is 15.3. The molecule has 2 fully saturated rings. The van der Waals surface area contributed by atoms with Crippen LogP contribution in [0.15, 0.2) is 18.2 Å². The average molecular weight is 370 g/mol. The van der Waals surface area contributed by atoms with Crippen LogP contribution in [0.2, 0.25) is 0 Å². The third-order valence-corrected chi connectivity index (χ3v) is 4.65. The number of hydrogen-bond donors (Lipinski definition) is 1. The Balaban J connectivity index is 0.00000225. The second-order valence-electron chi connectivity index (χ2n) is 6.04. The molecular weight excluding hydrogens is 346 g/mol. The molecule has 2 saturated heterocycles. The summed E-state index contributed by atoms with van der Waals surface area (Å²) in [4.78, 5) is 28.6. The van der Waals surface area contributed by atoms with Crippen LogP contribution in [-0.2, 0) is 4.79 Å². The summed E-state index contributed by atoms with van der Waals surface area (Å²) in [6, 6.07) is 5.17. The lowest BCUT2D eigenvalue weighted by atomic mass is 10.0. The van der Waals surface area contributed by atoms with Crippen LogP contribution in [0.1, 0.15) is 10.4 Å². The van der Waals surface area contributed by atoms with Crippen molar-refractivity contribution in [3.8, 4) is 11.5 Å². The first-order valence-electron chi connectivity index (χ1n) is 8.15. The van der Waals surface area contributed by atoms with Crippen LogP contribution in [0.4, 0.5) is 0 Å². The Hall–Kier alpha value is -1.99. The number of amides is 2. The minimum Gasteiger partial charge on any atom is -0.497 e. The molecule has 0 aliphatic carbocycles. The van der Waals surface area contributed by atoms with Gasteiger partial charge in [0.2, 0.25) is 5.91 Å². The Bertz CT molecular complexity index is 628. The molecule has 1 N–H and O–H groups in total. The molecule has 1 aromatic rings. The number of halogens is 1. The molecule has 1 aromatic carbocycles. The molecule has 0 atom stereocenters. The van der Waals surface area contributed by atoms with E-state index in [0.29, 0.717) is 43.2 Å². The molecular formula is C17H24ClN3O4. The molecule has 138 valence electrons. The van der Waals surface area contributed by atoms with Crippen molar-refractivity contribution in [3.05, 3.63) is 23.8 Å². The maximum Gasteiger partial charge on any atom is 0.257 e. The van der Waals surface area contributed by atoms with Gasteiger partial charge in [0.05, 0.1) is 25.7 Å². The molecule has 0 aromatic heterocycles. The molecule has 3 rings (SSSR count). The van der Waals surface area contributed by atoms with Crippen LogP contribution in [0.25, 0.3) is 0 Å². The highest BCUT2D eigenvalue weighted by atomic mass is 35.5. The number of carbonyl (C=O) groups excluding carboxylic acids is 2. The van der Waals surface area contributed by atoms with Gasteiger partial charge in [0.25, 0.3) is 5.91 Å². The monoisotopic (exact) mass is 369 g/mol. The summed E-state index contributed by atoms with van der Waals surface area (Å²) in [6.45, 7) is 3.78. The van der Waals surface area contributed by atoms with Gasteiger partial charge in [-0.1, -0.05) is 0 Å². The van der Waals surface area contributed by atoms with Crippen molar-refractivity contribution in [2.45, 2.75) is 0 Å². The Labute approximate surface area is 153 Å². The fraction of sp³-hybridized carbons (Fsp3) is 0.529. The number of nitrogens with one attached hydrogen (secondary N) is 1. The van der Waals surface area contributed by atoms with Crippen molar-refractivity contribution in [2.75, 3.05) is 53.5 Å². The Kier molecular flexibility index (Phi) is 6.50. The van der Waals surface area contributed by atoms with Crippen molar-refractivity contribution in [1.82, 2.24) is 15.1 Å².